The van der Waals surface area contributed by atoms with Crippen molar-refractivity contribution in [3.63, 3.8) is 0 Å². The van der Waals surface area contributed by atoms with Gasteiger partial charge in [-0.2, -0.15) is 0 Å². The van der Waals surface area contributed by atoms with E-state index in [0.29, 0.717) is 27.4 Å². The fraction of sp³-hybridized carbons (Fsp3) is 0.136. The molecule has 0 saturated carbocycles. The number of ether oxygens (including phenoxy) is 1. The Bertz CT molecular complexity index is 1360. The number of aryl methyl sites for hydroxylation is 1. The van der Waals surface area contributed by atoms with Crippen LogP contribution in [0, 0.1) is 6.92 Å². The second-order valence-corrected chi connectivity index (χ2v) is 7.71. The molecule has 0 unspecified atom stereocenters. The van der Waals surface area contributed by atoms with Gasteiger partial charge in [-0.3, -0.25) is 19.5 Å². The largest absolute Gasteiger partial charge is 0.465 e. The van der Waals surface area contributed by atoms with Gasteiger partial charge >= 0.3 is 5.97 Å². The minimum atomic E-state index is -0.531. The van der Waals surface area contributed by atoms with Crippen LogP contribution >= 0.6 is 11.8 Å². The molecule has 2 heterocycles. The molecule has 9 nitrogen and oxygen atoms in total. The van der Waals surface area contributed by atoms with E-state index in [0.717, 1.165) is 11.8 Å². The van der Waals surface area contributed by atoms with Gasteiger partial charge in [-0.25, -0.2) is 9.78 Å². The minimum Gasteiger partial charge on any atom is -0.465 e. The van der Waals surface area contributed by atoms with Crippen LogP contribution in [0.4, 0.5) is 5.88 Å². The van der Waals surface area contributed by atoms with E-state index in [1.54, 1.807) is 43.3 Å². The maximum Gasteiger partial charge on any atom is 0.337 e. The number of anilines is 1. The molecule has 4 rings (SSSR count). The SMILES string of the molecule is COC(=O)c1ccc2c(=O)n(-c3ccccc3)c(SCC(=O)Nc3cc(C)no3)nc2c1. The van der Waals surface area contributed by atoms with E-state index in [9.17, 15) is 14.4 Å². The molecule has 2 aromatic carbocycles. The van der Waals surface area contributed by atoms with Crippen molar-refractivity contribution >= 4 is 40.4 Å². The van der Waals surface area contributed by atoms with Gasteiger partial charge in [0.05, 0.1) is 40.7 Å². The van der Waals surface area contributed by atoms with Gasteiger partial charge in [0, 0.05) is 6.07 Å². The number of amides is 1. The highest BCUT2D eigenvalue weighted by atomic mass is 32.2. The Morgan fingerprint density at radius 3 is 2.62 bits per heavy atom. The van der Waals surface area contributed by atoms with E-state index >= 15 is 0 Å². The van der Waals surface area contributed by atoms with Crippen LogP contribution in [-0.2, 0) is 9.53 Å². The summed E-state index contributed by atoms with van der Waals surface area (Å²) in [4.78, 5) is 42.2. The molecule has 1 amide bonds. The minimum absolute atomic E-state index is 0.0266. The highest BCUT2D eigenvalue weighted by Crippen LogP contribution is 2.22. The molecule has 0 saturated heterocycles. The predicted molar refractivity (Wildman–Crippen MR) is 119 cm³/mol. The summed E-state index contributed by atoms with van der Waals surface area (Å²) < 4.78 is 11.2. The van der Waals surface area contributed by atoms with Crippen LogP contribution in [0.15, 0.2) is 69.1 Å². The maximum atomic E-state index is 13.3. The number of esters is 1. The predicted octanol–water partition coefficient (Wildman–Crippen LogP) is 3.20. The number of nitrogens with one attached hydrogen (secondary N) is 1. The summed E-state index contributed by atoms with van der Waals surface area (Å²) in [5, 5.41) is 6.98. The number of carbonyl (C=O) groups excluding carboxylic acids is 2. The van der Waals surface area contributed by atoms with Crippen molar-refractivity contribution in [1.29, 1.82) is 0 Å². The van der Waals surface area contributed by atoms with Gasteiger partial charge in [0.25, 0.3) is 5.56 Å². The first kappa shape index (κ1) is 21.3. The smallest absolute Gasteiger partial charge is 0.337 e. The van der Waals surface area contributed by atoms with Gasteiger partial charge in [-0.05, 0) is 37.3 Å². The normalized spacial score (nSPS) is 10.8. The van der Waals surface area contributed by atoms with E-state index in [1.807, 2.05) is 6.07 Å². The van der Waals surface area contributed by atoms with Crippen LogP contribution in [-0.4, -0.2) is 39.4 Å². The average Bonchev–Trinajstić information content (AvgIpc) is 3.21. The molecule has 0 aliphatic heterocycles. The summed E-state index contributed by atoms with van der Waals surface area (Å²) in [6.45, 7) is 1.74. The highest BCUT2D eigenvalue weighted by Gasteiger charge is 2.17. The third-order valence-electron chi connectivity index (χ3n) is 4.50. The topological polar surface area (TPSA) is 116 Å². The number of methoxy groups -OCH3 is 1. The van der Waals surface area contributed by atoms with Crippen LogP contribution in [0.1, 0.15) is 16.1 Å². The molecule has 32 heavy (non-hydrogen) atoms. The first-order valence-electron chi connectivity index (χ1n) is 9.53. The number of carbonyl (C=O) groups is 2. The number of aromatic nitrogens is 3. The number of hydrogen-bond acceptors (Lipinski definition) is 8. The number of thioether (sulfide) groups is 1. The van der Waals surface area contributed by atoms with Gasteiger partial charge in [0.1, 0.15) is 0 Å². The van der Waals surface area contributed by atoms with E-state index in [2.05, 4.69) is 15.5 Å². The zero-order chi connectivity index (χ0) is 22.7. The van der Waals surface area contributed by atoms with Crippen LogP contribution in [0.2, 0.25) is 0 Å². The molecule has 0 fully saturated rings. The summed E-state index contributed by atoms with van der Waals surface area (Å²) >= 11 is 1.09. The molecule has 4 aromatic rings. The van der Waals surface area contributed by atoms with Crippen LogP contribution in [0.25, 0.3) is 16.6 Å². The lowest BCUT2D eigenvalue weighted by Gasteiger charge is -2.13. The van der Waals surface area contributed by atoms with Gasteiger partial charge in [0.15, 0.2) is 5.16 Å². The summed E-state index contributed by atoms with van der Waals surface area (Å²) in [6, 6.07) is 15.2. The highest BCUT2D eigenvalue weighted by molar-refractivity contribution is 7.99. The van der Waals surface area contributed by atoms with Crippen molar-refractivity contribution in [3.05, 3.63) is 76.2 Å². The number of benzene rings is 2. The molecular formula is C22H18N4O5S. The van der Waals surface area contributed by atoms with Gasteiger partial charge < -0.3 is 9.26 Å². The van der Waals surface area contributed by atoms with Crippen molar-refractivity contribution < 1.29 is 18.8 Å². The van der Waals surface area contributed by atoms with E-state index in [1.165, 1.54) is 23.8 Å². The molecule has 10 heteroatoms. The first-order chi connectivity index (χ1) is 15.5. The average molecular weight is 450 g/mol. The monoisotopic (exact) mass is 450 g/mol. The molecule has 0 bridgehead atoms. The summed E-state index contributed by atoms with van der Waals surface area (Å²) in [6.07, 6.45) is 0. The fourth-order valence-electron chi connectivity index (χ4n) is 3.04. The summed E-state index contributed by atoms with van der Waals surface area (Å²) in [7, 11) is 1.28. The Hall–Kier alpha value is -3.92. The van der Waals surface area contributed by atoms with E-state index < -0.39 is 5.97 Å². The van der Waals surface area contributed by atoms with Gasteiger partial charge in [-0.1, -0.05) is 35.1 Å². The van der Waals surface area contributed by atoms with Crippen molar-refractivity contribution in [1.82, 2.24) is 14.7 Å². The van der Waals surface area contributed by atoms with E-state index in [-0.39, 0.29) is 28.7 Å². The Labute approximate surface area is 186 Å². The first-order valence-corrected chi connectivity index (χ1v) is 10.5. The van der Waals surface area contributed by atoms with Crippen molar-refractivity contribution in [2.45, 2.75) is 12.1 Å². The Balaban J connectivity index is 1.73. The Kier molecular flexibility index (Phi) is 6.04. The number of hydrogen-bond donors (Lipinski definition) is 1. The standard InChI is InChI=1S/C22H18N4O5S/c1-13-10-19(31-25-13)24-18(27)12-32-22-23-17-11-14(21(29)30-2)8-9-16(17)20(28)26(22)15-6-4-3-5-7-15/h3-11H,12H2,1-2H3,(H,24,27). The lowest BCUT2D eigenvalue weighted by atomic mass is 10.1. The Morgan fingerprint density at radius 1 is 1.16 bits per heavy atom. The van der Waals surface area contributed by atoms with Crippen LogP contribution in [0.5, 0.6) is 0 Å². The number of nitrogens with zero attached hydrogens (tertiary/aromatic N) is 3. The quantitative estimate of drug-likeness (QED) is 0.270. The van der Waals surface area contributed by atoms with Gasteiger partial charge in [-0.15, -0.1) is 0 Å². The van der Waals surface area contributed by atoms with Crippen LogP contribution in [0.3, 0.4) is 0 Å². The third-order valence-corrected chi connectivity index (χ3v) is 5.44. The van der Waals surface area contributed by atoms with E-state index in [4.69, 9.17) is 9.26 Å². The maximum absolute atomic E-state index is 13.3. The van der Waals surface area contributed by atoms with Crippen molar-refractivity contribution in [3.8, 4) is 5.69 Å². The van der Waals surface area contributed by atoms with Crippen LogP contribution < -0.4 is 10.9 Å². The van der Waals surface area contributed by atoms with Gasteiger partial charge in [0.2, 0.25) is 11.8 Å². The molecule has 0 radical (unpaired) electrons. The summed E-state index contributed by atoms with van der Waals surface area (Å²) in [5.74, 6) is -0.663. The number of rotatable bonds is 6. The molecular weight excluding hydrogens is 432 g/mol. The molecule has 0 atom stereocenters. The molecule has 0 spiro atoms. The molecule has 162 valence electrons. The number of para-hydroxylation sites is 1. The Morgan fingerprint density at radius 2 is 1.94 bits per heavy atom. The lowest BCUT2D eigenvalue weighted by Crippen LogP contribution is -2.23. The second kappa shape index (κ2) is 9.06. The second-order valence-electron chi connectivity index (χ2n) is 6.76. The van der Waals surface area contributed by atoms with Crippen molar-refractivity contribution in [2.75, 3.05) is 18.2 Å². The number of fused-ring (bicyclic) bond motifs is 1. The molecule has 0 aliphatic rings. The summed E-state index contributed by atoms with van der Waals surface area (Å²) in [5.41, 5.74) is 1.55. The lowest BCUT2D eigenvalue weighted by molar-refractivity contribution is -0.113. The third kappa shape index (κ3) is 4.40. The zero-order valence-corrected chi connectivity index (χ0v) is 18.0. The molecule has 1 N–H and O–H groups in total. The molecule has 2 aromatic heterocycles. The van der Waals surface area contributed by atoms with Crippen molar-refractivity contribution in [2.24, 2.45) is 0 Å². The zero-order valence-electron chi connectivity index (χ0n) is 17.2. The fourth-order valence-corrected chi connectivity index (χ4v) is 3.85. The molecule has 0 aliphatic carbocycles.